The zero-order valence-electron chi connectivity index (χ0n) is 10.00. The van der Waals surface area contributed by atoms with Crippen LogP contribution >= 0.6 is 15.9 Å². The zero-order valence-corrected chi connectivity index (χ0v) is 11.6. The first-order valence-corrected chi connectivity index (χ1v) is 6.44. The number of carbonyl (C=O) groups excluding carboxylic acids is 2. The molecule has 2 N–H and O–H groups in total. The van der Waals surface area contributed by atoms with Gasteiger partial charge in [-0.15, -0.1) is 0 Å². The van der Waals surface area contributed by atoms with E-state index in [-0.39, 0.29) is 18.5 Å². The molecule has 0 unspecified atom stereocenters. The molecule has 0 spiro atoms. The molecule has 0 atom stereocenters. The summed E-state index contributed by atoms with van der Waals surface area (Å²) in [5.41, 5.74) is 1.73. The second kappa shape index (κ2) is 5.39. The van der Waals surface area contributed by atoms with E-state index in [0.29, 0.717) is 13.1 Å². The number of carbonyl (C=O) groups is 2. The second-order valence-corrected chi connectivity index (χ2v) is 5.08. The van der Waals surface area contributed by atoms with Crippen LogP contribution in [0, 0.1) is 6.92 Å². The number of rotatable bonds is 1. The van der Waals surface area contributed by atoms with Crippen LogP contribution in [0.4, 0.5) is 10.5 Å². The molecule has 18 heavy (non-hydrogen) atoms. The molecule has 1 heterocycles. The van der Waals surface area contributed by atoms with Gasteiger partial charge in [0, 0.05) is 23.2 Å². The Balaban J connectivity index is 2.04. The van der Waals surface area contributed by atoms with Gasteiger partial charge in [-0.2, -0.15) is 0 Å². The summed E-state index contributed by atoms with van der Waals surface area (Å²) in [6.07, 6.45) is 0. The van der Waals surface area contributed by atoms with E-state index < -0.39 is 0 Å². The molecular formula is C12H14BrN3O2. The number of aryl methyl sites for hydroxylation is 1. The predicted molar refractivity (Wildman–Crippen MR) is 72.5 cm³/mol. The lowest BCUT2D eigenvalue weighted by Crippen LogP contribution is -2.51. The Morgan fingerprint density at radius 2 is 2.28 bits per heavy atom. The molecule has 1 fully saturated rings. The van der Waals surface area contributed by atoms with E-state index in [0.717, 1.165) is 15.7 Å². The van der Waals surface area contributed by atoms with Crippen LogP contribution < -0.4 is 10.6 Å². The molecule has 0 aromatic heterocycles. The Hall–Kier alpha value is -1.56. The van der Waals surface area contributed by atoms with E-state index in [1.807, 2.05) is 25.1 Å². The number of urea groups is 1. The Morgan fingerprint density at radius 1 is 1.50 bits per heavy atom. The third-order valence-corrected chi connectivity index (χ3v) is 3.25. The lowest BCUT2D eigenvalue weighted by Gasteiger charge is -2.27. The van der Waals surface area contributed by atoms with Crippen LogP contribution in [0.15, 0.2) is 22.7 Å². The third-order valence-electron chi connectivity index (χ3n) is 2.76. The van der Waals surface area contributed by atoms with Crippen LogP contribution in [-0.2, 0) is 4.79 Å². The van der Waals surface area contributed by atoms with Crippen molar-refractivity contribution in [2.45, 2.75) is 6.92 Å². The Morgan fingerprint density at radius 3 is 2.94 bits per heavy atom. The molecule has 2 rings (SSSR count). The van der Waals surface area contributed by atoms with Crippen molar-refractivity contribution < 1.29 is 9.59 Å². The summed E-state index contributed by atoms with van der Waals surface area (Å²) in [5, 5.41) is 5.50. The lowest BCUT2D eigenvalue weighted by molar-refractivity contribution is -0.123. The minimum Gasteiger partial charge on any atom is -0.353 e. The fourth-order valence-electron chi connectivity index (χ4n) is 1.77. The highest BCUT2D eigenvalue weighted by Gasteiger charge is 2.21. The van der Waals surface area contributed by atoms with Crippen LogP contribution in [0.25, 0.3) is 0 Å². The number of anilines is 1. The Kier molecular flexibility index (Phi) is 3.86. The summed E-state index contributed by atoms with van der Waals surface area (Å²) in [5.74, 6) is -0.121. The summed E-state index contributed by atoms with van der Waals surface area (Å²) in [6, 6.07) is 5.39. The topological polar surface area (TPSA) is 61.4 Å². The monoisotopic (exact) mass is 311 g/mol. The fourth-order valence-corrected chi connectivity index (χ4v) is 2.25. The quantitative estimate of drug-likeness (QED) is 0.829. The number of benzene rings is 1. The summed E-state index contributed by atoms with van der Waals surface area (Å²) in [4.78, 5) is 24.7. The van der Waals surface area contributed by atoms with Crippen LogP contribution in [0.3, 0.4) is 0 Å². The molecule has 1 aromatic rings. The molecule has 1 saturated heterocycles. The highest BCUT2D eigenvalue weighted by Crippen LogP contribution is 2.20. The smallest absolute Gasteiger partial charge is 0.322 e. The molecule has 0 bridgehead atoms. The number of nitrogens with zero attached hydrogens (tertiary/aromatic N) is 1. The molecule has 3 amide bonds. The number of piperazine rings is 1. The molecule has 6 heteroatoms. The largest absolute Gasteiger partial charge is 0.353 e. The van der Waals surface area contributed by atoms with Crippen LogP contribution in [0.1, 0.15) is 5.56 Å². The van der Waals surface area contributed by atoms with E-state index in [2.05, 4.69) is 26.6 Å². The van der Waals surface area contributed by atoms with Crippen molar-refractivity contribution in [3.05, 3.63) is 28.2 Å². The van der Waals surface area contributed by atoms with Crippen molar-refractivity contribution >= 4 is 33.6 Å². The predicted octanol–water partition coefficient (Wildman–Crippen LogP) is 1.72. The van der Waals surface area contributed by atoms with E-state index in [4.69, 9.17) is 0 Å². The molecule has 1 aliphatic rings. The minimum absolute atomic E-state index is 0.113. The average Bonchev–Trinajstić information content (AvgIpc) is 2.32. The van der Waals surface area contributed by atoms with E-state index in [9.17, 15) is 9.59 Å². The average molecular weight is 312 g/mol. The standard InChI is InChI=1S/C12H14BrN3O2/c1-8-6-9(13)2-3-10(8)15-12(18)16-5-4-14-11(17)7-16/h2-3,6H,4-5,7H2,1H3,(H,14,17)(H,15,18). The van der Waals surface area contributed by atoms with Gasteiger partial charge in [-0.25, -0.2) is 4.79 Å². The maximum Gasteiger partial charge on any atom is 0.322 e. The van der Waals surface area contributed by atoms with Gasteiger partial charge in [-0.3, -0.25) is 4.79 Å². The Bertz CT molecular complexity index is 490. The number of hydrogen-bond donors (Lipinski definition) is 2. The first kappa shape index (κ1) is 12.9. The maximum absolute atomic E-state index is 12.0. The van der Waals surface area contributed by atoms with Crippen molar-refractivity contribution in [1.82, 2.24) is 10.2 Å². The number of amides is 3. The van der Waals surface area contributed by atoms with Gasteiger partial charge in [-0.1, -0.05) is 15.9 Å². The molecule has 0 saturated carbocycles. The number of nitrogens with one attached hydrogen (secondary N) is 2. The molecule has 5 nitrogen and oxygen atoms in total. The summed E-state index contributed by atoms with van der Waals surface area (Å²) < 4.78 is 0.968. The van der Waals surface area contributed by atoms with Gasteiger partial charge in [0.25, 0.3) is 0 Å². The van der Waals surface area contributed by atoms with Gasteiger partial charge in [-0.05, 0) is 30.7 Å². The SMILES string of the molecule is Cc1cc(Br)ccc1NC(=O)N1CCNC(=O)C1. The number of hydrogen-bond acceptors (Lipinski definition) is 2. The van der Waals surface area contributed by atoms with Crippen LogP contribution in [0.5, 0.6) is 0 Å². The zero-order chi connectivity index (χ0) is 13.1. The van der Waals surface area contributed by atoms with Crippen LogP contribution in [-0.4, -0.2) is 36.5 Å². The minimum atomic E-state index is -0.240. The van der Waals surface area contributed by atoms with Gasteiger partial charge < -0.3 is 15.5 Å². The lowest BCUT2D eigenvalue weighted by atomic mass is 10.2. The first-order chi connectivity index (χ1) is 8.56. The van der Waals surface area contributed by atoms with Gasteiger partial charge in [0.1, 0.15) is 6.54 Å². The number of halogens is 1. The van der Waals surface area contributed by atoms with Crippen molar-refractivity contribution in [2.75, 3.05) is 25.0 Å². The van der Waals surface area contributed by atoms with Gasteiger partial charge in [0.2, 0.25) is 5.91 Å². The van der Waals surface area contributed by atoms with Gasteiger partial charge >= 0.3 is 6.03 Å². The van der Waals surface area contributed by atoms with Crippen LogP contribution in [0.2, 0.25) is 0 Å². The van der Waals surface area contributed by atoms with Gasteiger partial charge in [0.05, 0.1) is 0 Å². The van der Waals surface area contributed by atoms with Gasteiger partial charge in [0.15, 0.2) is 0 Å². The molecule has 1 aromatic carbocycles. The molecule has 0 radical (unpaired) electrons. The summed E-state index contributed by atoms with van der Waals surface area (Å²) in [7, 11) is 0. The highest BCUT2D eigenvalue weighted by molar-refractivity contribution is 9.10. The van der Waals surface area contributed by atoms with E-state index in [1.165, 1.54) is 4.90 Å². The van der Waals surface area contributed by atoms with Crippen molar-refractivity contribution in [2.24, 2.45) is 0 Å². The summed E-state index contributed by atoms with van der Waals surface area (Å²) >= 11 is 3.37. The van der Waals surface area contributed by atoms with E-state index in [1.54, 1.807) is 0 Å². The van der Waals surface area contributed by atoms with E-state index >= 15 is 0 Å². The fraction of sp³-hybridized carbons (Fsp3) is 0.333. The molecule has 0 aliphatic carbocycles. The van der Waals surface area contributed by atoms with Crippen molar-refractivity contribution in [1.29, 1.82) is 0 Å². The molecular weight excluding hydrogens is 298 g/mol. The van der Waals surface area contributed by atoms with Crippen molar-refractivity contribution in [3.8, 4) is 0 Å². The molecule has 96 valence electrons. The maximum atomic E-state index is 12.0. The third kappa shape index (κ3) is 3.01. The Labute approximate surface area is 114 Å². The first-order valence-electron chi connectivity index (χ1n) is 5.65. The summed E-state index contributed by atoms with van der Waals surface area (Å²) in [6.45, 7) is 3.07. The molecule has 1 aliphatic heterocycles. The highest BCUT2D eigenvalue weighted by atomic mass is 79.9. The normalized spacial score (nSPS) is 15.2. The second-order valence-electron chi connectivity index (χ2n) is 4.16. The van der Waals surface area contributed by atoms with Crippen molar-refractivity contribution in [3.63, 3.8) is 0 Å².